The molecule has 1 amide bonds. The van der Waals surface area contributed by atoms with Crippen molar-refractivity contribution in [1.29, 1.82) is 0 Å². The Balaban J connectivity index is 1.37. The Kier molecular flexibility index (Phi) is 4.75. The lowest BCUT2D eigenvalue weighted by Crippen LogP contribution is -2.59. The molecule has 1 aromatic rings. The first-order chi connectivity index (χ1) is 12.2. The number of morpholine rings is 1. The maximum absolute atomic E-state index is 12.6. The van der Waals surface area contributed by atoms with Gasteiger partial charge >= 0.3 is 6.09 Å². The van der Waals surface area contributed by atoms with Gasteiger partial charge in [0.2, 0.25) is 0 Å². The normalized spacial score (nSPS) is 28.5. The second kappa shape index (κ2) is 7.16. The van der Waals surface area contributed by atoms with Crippen LogP contribution in [0.3, 0.4) is 0 Å². The Labute approximate surface area is 148 Å². The first-order valence-electron chi connectivity index (χ1n) is 9.30. The van der Waals surface area contributed by atoms with Crippen LogP contribution in [0.2, 0.25) is 0 Å². The average Bonchev–Trinajstić information content (AvgIpc) is 3.43. The number of benzene rings is 1. The zero-order chi connectivity index (χ0) is 17.2. The van der Waals surface area contributed by atoms with E-state index >= 15 is 0 Å². The SMILES string of the molecule is O=C(CC1CC1)C1CC2COCC(C1)N2C(=O)OCc1ccccc1. The highest BCUT2D eigenvalue weighted by molar-refractivity contribution is 5.82. The van der Waals surface area contributed by atoms with Crippen LogP contribution in [0.4, 0.5) is 4.79 Å². The van der Waals surface area contributed by atoms with E-state index in [0.29, 0.717) is 37.8 Å². The Morgan fingerprint density at radius 3 is 2.40 bits per heavy atom. The molecule has 0 N–H and O–H groups in total. The van der Waals surface area contributed by atoms with Crippen molar-refractivity contribution in [3.63, 3.8) is 0 Å². The fourth-order valence-corrected chi connectivity index (χ4v) is 4.04. The molecule has 2 heterocycles. The van der Waals surface area contributed by atoms with Crippen LogP contribution in [0.1, 0.15) is 37.7 Å². The second-order valence-corrected chi connectivity index (χ2v) is 7.57. The van der Waals surface area contributed by atoms with Crippen molar-refractivity contribution < 1.29 is 19.1 Å². The Morgan fingerprint density at radius 2 is 1.76 bits per heavy atom. The van der Waals surface area contributed by atoms with Crippen molar-refractivity contribution in [2.75, 3.05) is 13.2 Å². The van der Waals surface area contributed by atoms with E-state index in [1.165, 1.54) is 12.8 Å². The van der Waals surface area contributed by atoms with Crippen LogP contribution >= 0.6 is 0 Å². The van der Waals surface area contributed by atoms with E-state index in [-0.39, 0.29) is 30.7 Å². The van der Waals surface area contributed by atoms with Crippen LogP contribution in [-0.2, 0) is 20.9 Å². The second-order valence-electron chi connectivity index (χ2n) is 7.57. The molecule has 3 fully saturated rings. The third-order valence-electron chi connectivity index (χ3n) is 5.58. The molecule has 1 aliphatic carbocycles. The number of ether oxygens (including phenoxy) is 2. The molecule has 1 saturated carbocycles. The van der Waals surface area contributed by atoms with E-state index in [1.807, 2.05) is 35.2 Å². The van der Waals surface area contributed by atoms with Gasteiger partial charge < -0.3 is 9.47 Å². The molecule has 0 spiro atoms. The predicted octanol–water partition coefficient (Wildman–Crippen LogP) is 3.17. The van der Waals surface area contributed by atoms with Crippen molar-refractivity contribution >= 4 is 11.9 Å². The third kappa shape index (κ3) is 3.87. The van der Waals surface area contributed by atoms with E-state index in [9.17, 15) is 9.59 Å². The number of hydrogen-bond donors (Lipinski definition) is 0. The van der Waals surface area contributed by atoms with Gasteiger partial charge in [-0.05, 0) is 37.2 Å². The Hall–Kier alpha value is -1.88. The maximum atomic E-state index is 12.6. The van der Waals surface area contributed by atoms with Crippen molar-refractivity contribution in [1.82, 2.24) is 4.90 Å². The van der Waals surface area contributed by atoms with Crippen LogP contribution in [0.5, 0.6) is 0 Å². The number of hydrogen-bond acceptors (Lipinski definition) is 4. The molecule has 3 aliphatic rings. The largest absolute Gasteiger partial charge is 0.445 e. The number of ketones is 1. The molecule has 1 aromatic carbocycles. The third-order valence-corrected chi connectivity index (χ3v) is 5.58. The van der Waals surface area contributed by atoms with Crippen LogP contribution in [0.15, 0.2) is 30.3 Å². The van der Waals surface area contributed by atoms with Gasteiger partial charge in [0.15, 0.2) is 0 Å². The average molecular weight is 343 g/mol. The predicted molar refractivity (Wildman–Crippen MR) is 91.9 cm³/mol. The van der Waals surface area contributed by atoms with E-state index in [4.69, 9.17) is 9.47 Å². The zero-order valence-electron chi connectivity index (χ0n) is 14.4. The number of carbonyl (C=O) groups is 2. The molecular formula is C20H25NO4. The van der Waals surface area contributed by atoms with Crippen molar-refractivity contribution in [3.8, 4) is 0 Å². The quantitative estimate of drug-likeness (QED) is 0.824. The van der Waals surface area contributed by atoms with Gasteiger partial charge in [-0.25, -0.2) is 4.79 Å². The first kappa shape index (κ1) is 16.6. The first-order valence-corrected chi connectivity index (χ1v) is 9.30. The minimum absolute atomic E-state index is 0.0380. The van der Waals surface area contributed by atoms with Crippen molar-refractivity contribution in [2.24, 2.45) is 11.8 Å². The van der Waals surface area contributed by atoms with Gasteiger partial charge in [-0.2, -0.15) is 0 Å². The van der Waals surface area contributed by atoms with Gasteiger partial charge in [0.1, 0.15) is 12.4 Å². The Bertz CT molecular complexity index is 614. The summed E-state index contributed by atoms with van der Waals surface area (Å²) >= 11 is 0. The molecule has 5 heteroatoms. The van der Waals surface area contributed by atoms with Gasteiger partial charge in [0.05, 0.1) is 25.3 Å². The van der Waals surface area contributed by atoms with E-state index in [1.54, 1.807) is 0 Å². The number of fused-ring (bicyclic) bond motifs is 2. The summed E-state index contributed by atoms with van der Waals surface area (Å²) in [5, 5.41) is 0. The number of carbonyl (C=O) groups excluding carboxylic acids is 2. The number of rotatable bonds is 5. The Morgan fingerprint density at radius 1 is 1.08 bits per heavy atom. The summed E-state index contributed by atoms with van der Waals surface area (Å²) in [5.41, 5.74) is 0.978. The smallest absolute Gasteiger partial charge is 0.410 e. The van der Waals surface area contributed by atoms with E-state index in [0.717, 1.165) is 12.0 Å². The van der Waals surface area contributed by atoms with Crippen LogP contribution < -0.4 is 0 Å². The summed E-state index contributed by atoms with van der Waals surface area (Å²) in [7, 11) is 0. The molecule has 2 aliphatic heterocycles. The highest BCUT2D eigenvalue weighted by Crippen LogP contribution is 2.38. The van der Waals surface area contributed by atoms with E-state index in [2.05, 4.69) is 0 Å². The molecule has 2 atom stereocenters. The standard InChI is InChI=1S/C20H25NO4/c22-19(8-14-6-7-14)16-9-17-12-24-13-18(10-16)21(17)20(23)25-11-15-4-2-1-3-5-15/h1-5,14,16-18H,6-13H2. The molecule has 25 heavy (non-hydrogen) atoms. The van der Waals surface area contributed by atoms with Gasteiger partial charge in [0.25, 0.3) is 0 Å². The molecule has 134 valence electrons. The van der Waals surface area contributed by atoms with E-state index < -0.39 is 0 Å². The van der Waals surface area contributed by atoms with Gasteiger partial charge in [0, 0.05) is 12.3 Å². The zero-order valence-corrected chi connectivity index (χ0v) is 14.4. The maximum Gasteiger partial charge on any atom is 0.410 e. The van der Waals surface area contributed by atoms with Crippen LogP contribution in [-0.4, -0.2) is 42.1 Å². The summed E-state index contributed by atoms with van der Waals surface area (Å²) in [6, 6.07) is 9.62. The number of nitrogens with zero attached hydrogens (tertiary/aromatic N) is 1. The van der Waals surface area contributed by atoms with Crippen LogP contribution in [0, 0.1) is 11.8 Å². The lowest BCUT2D eigenvalue weighted by molar-refractivity contribution is -0.131. The number of Topliss-reactive ketones (excluding diaryl/α,β-unsaturated/α-hetero) is 1. The van der Waals surface area contributed by atoms with Crippen molar-refractivity contribution in [2.45, 2.75) is 50.8 Å². The van der Waals surface area contributed by atoms with Gasteiger partial charge in [-0.3, -0.25) is 9.69 Å². The lowest BCUT2D eigenvalue weighted by Gasteiger charge is -2.47. The number of piperidine rings is 1. The molecule has 0 radical (unpaired) electrons. The van der Waals surface area contributed by atoms with Crippen molar-refractivity contribution in [3.05, 3.63) is 35.9 Å². The molecule has 2 saturated heterocycles. The topological polar surface area (TPSA) is 55.8 Å². The summed E-state index contributed by atoms with van der Waals surface area (Å²) in [6.45, 7) is 1.29. The fourth-order valence-electron chi connectivity index (χ4n) is 4.04. The molecule has 2 bridgehead atoms. The summed E-state index contributed by atoms with van der Waals surface area (Å²) in [4.78, 5) is 26.9. The van der Waals surface area contributed by atoms with Crippen LogP contribution in [0.25, 0.3) is 0 Å². The lowest BCUT2D eigenvalue weighted by atomic mass is 9.81. The minimum atomic E-state index is -0.282. The molecule has 4 rings (SSSR count). The molecule has 0 aromatic heterocycles. The monoisotopic (exact) mass is 343 g/mol. The number of amides is 1. The summed E-state index contributed by atoms with van der Waals surface area (Å²) in [6.07, 6.45) is 4.27. The minimum Gasteiger partial charge on any atom is -0.445 e. The highest BCUT2D eigenvalue weighted by Gasteiger charge is 2.44. The fraction of sp³-hybridized carbons (Fsp3) is 0.600. The molecular weight excluding hydrogens is 318 g/mol. The summed E-state index contributed by atoms with van der Waals surface area (Å²) < 4.78 is 11.2. The van der Waals surface area contributed by atoms with Gasteiger partial charge in [-0.15, -0.1) is 0 Å². The van der Waals surface area contributed by atoms with Gasteiger partial charge in [-0.1, -0.05) is 30.3 Å². The highest BCUT2D eigenvalue weighted by atomic mass is 16.6. The summed E-state index contributed by atoms with van der Waals surface area (Å²) in [5.74, 6) is 1.09. The molecule has 5 nitrogen and oxygen atoms in total. The molecule has 2 unspecified atom stereocenters.